The summed E-state index contributed by atoms with van der Waals surface area (Å²) in [5.74, 6) is 0.975. The third-order valence-corrected chi connectivity index (χ3v) is 3.61. The zero-order chi connectivity index (χ0) is 15.1. The van der Waals surface area contributed by atoms with Gasteiger partial charge in [-0.25, -0.2) is 0 Å². The Hall–Kier alpha value is -2.24. The lowest BCUT2D eigenvalue weighted by Gasteiger charge is -2.13. The molecule has 1 amide bonds. The molecule has 0 radical (unpaired) electrons. The second kappa shape index (κ2) is 7.52. The largest absolute Gasteiger partial charge is 0.483 e. The summed E-state index contributed by atoms with van der Waals surface area (Å²) in [5.41, 5.74) is 5.97. The molecule has 1 aromatic carbocycles. The summed E-state index contributed by atoms with van der Waals surface area (Å²) in [6.45, 7) is -0.0357. The lowest BCUT2D eigenvalue weighted by molar-refractivity contribution is -0.117. The molecule has 4 N–H and O–H groups in total. The molecule has 0 bridgehead atoms. The molecule has 0 atom stereocenters. The van der Waals surface area contributed by atoms with Crippen molar-refractivity contribution in [2.24, 2.45) is 16.8 Å². The average molecular weight is 291 g/mol. The van der Waals surface area contributed by atoms with Crippen LogP contribution in [0.25, 0.3) is 0 Å². The molecule has 0 heterocycles. The number of amides is 1. The predicted molar refractivity (Wildman–Crippen MR) is 80.6 cm³/mol. The molecule has 2 rings (SSSR count). The van der Waals surface area contributed by atoms with Crippen LogP contribution in [-0.4, -0.2) is 23.6 Å². The van der Waals surface area contributed by atoms with E-state index in [1.807, 2.05) is 6.07 Å². The fourth-order valence-corrected chi connectivity index (χ4v) is 2.55. The molecule has 6 nitrogen and oxygen atoms in total. The van der Waals surface area contributed by atoms with Crippen LogP contribution >= 0.6 is 0 Å². The quantitative estimate of drug-likeness (QED) is 0.324. The first-order valence-corrected chi connectivity index (χ1v) is 7.17. The van der Waals surface area contributed by atoms with Crippen LogP contribution in [0.3, 0.4) is 0 Å². The van der Waals surface area contributed by atoms with Gasteiger partial charge in [0.2, 0.25) is 5.91 Å². The fourth-order valence-electron chi connectivity index (χ4n) is 2.55. The van der Waals surface area contributed by atoms with E-state index in [4.69, 9.17) is 15.7 Å². The second-order valence-corrected chi connectivity index (χ2v) is 5.28. The highest BCUT2D eigenvalue weighted by atomic mass is 16.5. The molecular weight excluding hydrogens is 270 g/mol. The van der Waals surface area contributed by atoms with E-state index >= 15 is 0 Å². The Balaban J connectivity index is 1.93. The van der Waals surface area contributed by atoms with E-state index in [2.05, 4.69) is 10.5 Å². The van der Waals surface area contributed by atoms with Crippen LogP contribution in [-0.2, 0) is 4.79 Å². The van der Waals surface area contributed by atoms with Gasteiger partial charge in [0.25, 0.3) is 0 Å². The number of nitrogens with one attached hydrogen (secondary N) is 1. The van der Waals surface area contributed by atoms with Crippen LogP contribution in [0.4, 0.5) is 5.69 Å². The van der Waals surface area contributed by atoms with Gasteiger partial charge in [-0.2, -0.15) is 0 Å². The summed E-state index contributed by atoms with van der Waals surface area (Å²) in [6.07, 6.45) is 5.26. The Bertz CT molecular complexity index is 511. The zero-order valence-corrected chi connectivity index (χ0v) is 11.9. The van der Waals surface area contributed by atoms with Gasteiger partial charge >= 0.3 is 0 Å². The molecule has 0 spiro atoms. The van der Waals surface area contributed by atoms with Crippen molar-refractivity contribution in [3.63, 3.8) is 0 Å². The van der Waals surface area contributed by atoms with Crippen molar-refractivity contribution < 1.29 is 14.7 Å². The van der Waals surface area contributed by atoms with Gasteiger partial charge in [0, 0.05) is 6.42 Å². The van der Waals surface area contributed by atoms with Crippen LogP contribution in [0.2, 0.25) is 0 Å². The minimum Gasteiger partial charge on any atom is -0.483 e. The van der Waals surface area contributed by atoms with Gasteiger partial charge in [-0.3, -0.25) is 4.79 Å². The minimum absolute atomic E-state index is 0.00162. The number of carbonyl (C=O) groups is 1. The molecule has 1 aromatic rings. The first-order valence-electron chi connectivity index (χ1n) is 7.17. The number of anilines is 1. The highest BCUT2D eigenvalue weighted by molar-refractivity contribution is 5.92. The van der Waals surface area contributed by atoms with Crippen LogP contribution in [0.5, 0.6) is 5.75 Å². The molecular formula is C15H21N3O3. The van der Waals surface area contributed by atoms with Gasteiger partial charge in [-0.1, -0.05) is 30.1 Å². The topological polar surface area (TPSA) is 96.9 Å². The molecule has 1 aliphatic carbocycles. The smallest absolute Gasteiger partial charge is 0.224 e. The van der Waals surface area contributed by atoms with E-state index in [0.717, 1.165) is 12.8 Å². The summed E-state index contributed by atoms with van der Waals surface area (Å²) in [4.78, 5) is 12.1. The van der Waals surface area contributed by atoms with Crippen LogP contribution in [0.1, 0.15) is 32.1 Å². The van der Waals surface area contributed by atoms with Crippen molar-refractivity contribution in [2.75, 3.05) is 11.9 Å². The number of amidine groups is 1. The summed E-state index contributed by atoms with van der Waals surface area (Å²) < 4.78 is 5.43. The number of ether oxygens (including phenoxy) is 1. The molecule has 1 aliphatic rings. The number of hydrogen-bond acceptors (Lipinski definition) is 4. The molecule has 1 saturated carbocycles. The third kappa shape index (κ3) is 4.66. The van der Waals surface area contributed by atoms with Crippen molar-refractivity contribution in [1.82, 2.24) is 0 Å². The number of para-hydroxylation sites is 2. The Morgan fingerprint density at radius 1 is 1.38 bits per heavy atom. The van der Waals surface area contributed by atoms with Crippen LogP contribution in [0.15, 0.2) is 29.4 Å². The minimum atomic E-state index is -0.0357. The highest BCUT2D eigenvalue weighted by Gasteiger charge is 2.19. The first kappa shape index (κ1) is 15.2. The SMILES string of the molecule is N/C(COc1ccccc1NC(=O)CC1CCCC1)=N\O. The molecule has 0 aliphatic heterocycles. The number of rotatable bonds is 6. The van der Waals surface area contributed by atoms with Gasteiger partial charge in [0.05, 0.1) is 5.69 Å². The summed E-state index contributed by atoms with van der Waals surface area (Å²) in [6, 6.07) is 7.12. The number of oxime groups is 1. The molecule has 0 aromatic heterocycles. The lowest BCUT2D eigenvalue weighted by atomic mass is 10.0. The highest BCUT2D eigenvalue weighted by Crippen LogP contribution is 2.29. The van der Waals surface area contributed by atoms with E-state index < -0.39 is 0 Å². The fraction of sp³-hybridized carbons (Fsp3) is 0.467. The molecule has 6 heteroatoms. The Morgan fingerprint density at radius 3 is 2.81 bits per heavy atom. The Labute approximate surface area is 124 Å². The van der Waals surface area contributed by atoms with E-state index in [1.54, 1.807) is 18.2 Å². The standard InChI is InChI=1S/C15H21N3O3/c16-14(18-20)10-21-13-8-4-3-7-12(13)17-15(19)9-11-5-1-2-6-11/h3-4,7-8,11,20H,1-2,5-6,9-10H2,(H2,16,18)(H,17,19). The summed E-state index contributed by atoms with van der Waals surface area (Å²) in [5, 5.41) is 14.2. The third-order valence-electron chi connectivity index (χ3n) is 3.61. The van der Waals surface area contributed by atoms with Gasteiger partial charge in [0.1, 0.15) is 12.4 Å². The normalized spacial score (nSPS) is 15.9. The number of benzene rings is 1. The Kier molecular flexibility index (Phi) is 5.43. The maximum Gasteiger partial charge on any atom is 0.224 e. The van der Waals surface area contributed by atoms with Gasteiger partial charge in [-0.15, -0.1) is 0 Å². The van der Waals surface area contributed by atoms with Crippen molar-refractivity contribution in [3.05, 3.63) is 24.3 Å². The molecule has 1 fully saturated rings. The number of hydrogen-bond donors (Lipinski definition) is 3. The predicted octanol–water partition coefficient (Wildman–Crippen LogP) is 2.33. The average Bonchev–Trinajstić information content (AvgIpc) is 2.98. The monoisotopic (exact) mass is 291 g/mol. The number of carbonyl (C=O) groups excluding carboxylic acids is 1. The van der Waals surface area contributed by atoms with Crippen LogP contribution < -0.4 is 15.8 Å². The van der Waals surface area contributed by atoms with Crippen molar-refractivity contribution in [2.45, 2.75) is 32.1 Å². The first-order chi connectivity index (χ1) is 10.2. The van der Waals surface area contributed by atoms with E-state index in [0.29, 0.717) is 23.8 Å². The zero-order valence-electron chi connectivity index (χ0n) is 11.9. The molecule has 0 saturated heterocycles. The summed E-state index contributed by atoms with van der Waals surface area (Å²) >= 11 is 0. The van der Waals surface area contributed by atoms with Crippen molar-refractivity contribution in [3.8, 4) is 5.75 Å². The van der Waals surface area contributed by atoms with E-state index in [1.165, 1.54) is 12.8 Å². The van der Waals surface area contributed by atoms with E-state index in [-0.39, 0.29) is 18.3 Å². The van der Waals surface area contributed by atoms with Crippen LogP contribution in [0, 0.1) is 5.92 Å². The van der Waals surface area contributed by atoms with Gasteiger partial charge in [-0.05, 0) is 30.9 Å². The van der Waals surface area contributed by atoms with Crippen molar-refractivity contribution in [1.29, 1.82) is 0 Å². The van der Waals surface area contributed by atoms with Crippen molar-refractivity contribution >= 4 is 17.4 Å². The number of nitrogens with two attached hydrogens (primary N) is 1. The maximum atomic E-state index is 12.1. The lowest BCUT2D eigenvalue weighted by Crippen LogP contribution is -2.21. The summed E-state index contributed by atoms with van der Waals surface area (Å²) in [7, 11) is 0. The van der Waals surface area contributed by atoms with Gasteiger partial charge < -0.3 is 21.0 Å². The Morgan fingerprint density at radius 2 is 2.10 bits per heavy atom. The molecule has 0 unspecified atom stereocenters. The molecule has 114 valence electrons. The molecule has 21 heavy (non-hydrogen) atoms. The second-order valence-electron chi connectivity index (χ2n) is 5.28. The maximum absolute atomic E-state index is 12.1. The number of nitrogens with zero attached hydrogens (tertiary/aromatic N) is 1. The van der Waals surface area contributed by atoms with E-state index in [9.17, 15) is 4.79 Å². The van der Waals surface area contributed by atoms with Gasteiger partial charge in [0.15, 0.2) is 5.84 Å².